The Morgan fingerprint density at radius 1 is 0.962 bits per heavy atom. The van der Waals surface area contributed by atoms with E-state index in [9.17, 15) is 12.8 Å². The molecule has 8 heteroatoms. The molecule has 134 valence electrons. The van der Waals surface area contributed by atoms with E-state index in [1.54, 1.807) is 24.3 Å². The summed E-state index contributed by atoms with van der Waals surface area (Å²) in [6, 6.07) is 15.3. The van der Waals surface area contributed by atoms with Crippen LogP contribution in [0.5, 0.6) is 0 Å². The first-order valence-electron chi connectivity index (χ1n) is 7.65. The summed E-state index contributed by atoms with van der Waals surface area (Å²) in [5, 5.41) is 3.81. The highest BCUT2D eigenvalue weighted by Crippen LogP contribution is 2.17. The lowest BCUT2D eigenvalue weighted by atomic mass is 10.2. The van der Waals surface area contributed by atoms with Crippen molar-refractivity contribution in [1.29, 1.82) is 0 Å². The van der Waals surface area contributed by atoms with Crippen molar-refractivity contribution in [3.63, 3.8) is 0 Å². The van der Waals surface area contributed by atoms with Crippen LogP contribution in [0.4, 0.5) is 15.9 Å². The van der Waals surface area contributed by atoms with Gasteiger partial charge in [-0.15, -0.1) is 0 Å². The Morgan fingerprint density at radius 2 is 1.65 bits per heavy atom. The van der Waals surface area contributed by atoms with Crippen LogP contribution in [0.25, 0.3) is 0 Å². The molecular formula is C18H15ClFN3O2S. The minimum Gasteiger partial charge on any atom is -0.366 e. The van der Waals surface area contributed by atoms with Gasteiger partial charge in [-0.1, -0.05) is 23.7 Å². The predicted molar refractivity (Wildman–Crippen MR) is 100 cm³/mol. The molecule has 0 amide bonds. The normalized spacial score (nSPS) is 11.2. The minimum absolute atomic E-state index is 0.0242. The summed E-state index contributed by atoms with van der Waals surface area (Å²) in [7, 11) is -3.79. The maximum Gasteiger partial charge on any atom is 0.261 e. The Hall–Kier alpha value is -2.64. The molecule has 26 heavy (non-hydrogen) atoms. The molecule has 0 radical (unpaired) electrons. The van der Waals surface area contributed by atoms with Crippen molar-refractivity contribution in [2.75, 3.05) is 10.0 Å². The Bertz CT molecular complexity index is 976. The van der Waals surface area contributed by atoms with Gasteiger partial charge >= 0.3 is 0 Å². The number of benzene rings is 2. The van der Waals surface area contributed by atoms with Crippen LogP contribution in [0, 0.1) is 5.82 Å². The van der Waals surface area contributed by atoms with Crippen molar-refractivity contribution in [3.05, 3.63) is 83.3 Å². The van der Waals surface area contributed by atoms with E-state index in [1.165, 1.54) is 18.3 Å². The van der Waals surface area contributed by atoms with Crippen LogP contribution in [0.3, 0.4) is 0 Å². The molecule has 0 atom stereocenters. The number of aromatic nitrogens is 1. The van der Waals surface area contributed by atoms with Gasteiger partial charge in [0.25, 0.3) is 10.0 Å². The van der Waals surface area contributed by atoms with Crippen LogP contribution < -0.4 is 10.0 Å². The molecule has 0 spiro atoms. The van der Waals surface area contributed by atoms with Gasteiger partial charge in [0.2, 0.25) is 0 Å². The largest absolute Gasteiger partial charge is 0.366 e. The molecule has 0 saturated carbocycles. The van der Waals surface area contributed by atoms with E-state index in [0.29, 0.717) is 23.1 Å². The zero-order chi connectivity index (χ0) is 18.6. The highest BCUT2D eigenvalue weighted by atomic mass is 35.5. The van der Waals surface area contributed by atoms with Gasteiger partial charge in [-0.25, -0.2) is 17.8 Å². The average Bonchev–Trinajstić information content (AvgIpc) is 2.62. The Morgan fingerprint density at radius 3 is 2.27 bits per heavy atom. The third-order valence-corrected chi connectivity index (χ3v) is 5.18. The van der Waals surface area contributed by atoms with Crippen molar-refractivity contribution >= 4 is 33.1 Å². The number of hydrogen-bond donors (Lipinski definition) is 2. The molecule has 2 aromatic carbocycles. The Balaban J connectivity index is 1.63. The van der Waals surface area contributed by atoms with E-state index in [-0.39, 0.29) is 4.90 Å². The zero-order valence-corrected chi connectivity index (χ0v) is 15.1. The van der Waals surface area contributed by atoms with Crippen molar-refractivity contribution in [3.8, 4) is 0 Å². The van der Waals surface area contributed by atoms with Crippen molar-refractivity contribution in [1.82, 2.24) is 4.98 Å². The second-order valence-corrected chi connectivity index (χ2v) is 7.59. The number of sulfonamides is 1. The number of hydrogen-bond acceptors (Lipinski definition) is 4. The SMILES string of the molecule is O=S(=O)(Nc1ccc(NCc2ccc(Cl)cc2)nc1)c1ccc(F)cc1. The quantitative estimate of drug-likeness (QED) is 0.657. The van der Waals surface area contributed by atoms with Gasteiger partial charge in [-0.05, 0) is 54.1 Å². The number of pyridine rings is 1. The summed E-state index contributed by atoms with van der Waals surface area (Å²) >= 11 is 5.84. The van der Waals surface area contributed by atoms with Crippen LogP contribution in [0.15, 0.2) is 71.8 Å². The molecular weight excluding hydrogens is 377 g/mol. The van der Waals surface area contributed by atoms with Crippen LogP contribution in [-0.4, -0.2) is 13.4 Å². The molecule has 0 unspecified atom stereocenters. The van der Waals surface area contributed by atoms with Gasteiger partial charge in [0.1, 0.15) is 11.6 Å². The van der Waals surface area contributed by atoms with Crippen molar-refractivity contribution in [2.24, 2.45) is 0 Å². The second-order valence-electron chi connectivity index (χ2n) is 5.47. The van der Waals surface area contributed by atoms with Crippen molar-refractivity contribution in [2.45, 2.75) is 11.4 Å². The Labute approximate surface area is 155 Å². The summed E-state index contributed by atoms with van der Waals surface area (Å²) in [5.41, 5.74) is 1.35. The van der Waals surface area contributed by atoms with E-state index in [4.69, 9.17) is 11.6 Å². The fraction of sp³-hybridized carbons (Fsp3) is 0.0556. The zero-order valence-electron chi connectivity index (χ0n) is 13.5. The lowest BCUT2D eigenvalue weighted by Gasteiger charge is -2.09. The van der Waals surface area contributed by atoms with E-state index < -0.39 is 15.8 Å². The molecule has 0 fully saturated rings. The van der Waals surface area contributed by atoms with E-state index in [2.05, 4.69) is 15.0 Å². The summed E-state index contributed by atoms with van der Waals surface area (Å²) in [6.45, 7) is 0.560. The van der Waals surface area contributed by atoms with Crippen LogP contribution in [-0.2, 0) is 16.6 Å². The molecule has 3 rings (SSSR count). The first-order valence-corrected chi connectivity index (χ1v) is 9.51. The first kappa shape index (κ1) is 18.2. The predicted octanol–water partition coefficient (Wildman–Crippen LogP) is 4.29. The van der Waals surface area contributed by atoms with Gasteiger partial charge in [-0.3, -0.25) is 4.72 Å². The van der Waals surface area contributed by atoms with E-state index >= 15 is 0 Å². The average molecular weight is 392 g/mol. The van der Waals surface area contributed by atoms with Crippen LogP contribution in [0.2, 0.25) is 5.02 Å². The number of anilines is 2. The molecule has 5 nitrogen and oxygen atoms in total. The molecule has 0 bridgehead atoms. The summed E-state index contributed by atoms with van der Waals surface area (Å²) < 4.78 is 39.8. The lowest BCUT2D eigenvalue weighted by Crippen LogP contribution is -2.13. The molecule has 0 aliphatic carbocycles. The highest BCUT2D eigenvalue weighted by Gasteiger charge is 2.14. The highest BCUT2D eigenvalue weighted by molar-refractivity contribution is 7.92. The molecule has 1 aromatic heterocycles. The molecule has 0 aliphatic rings. The van der Waals surface area contributed by atoms with Crippen molar-refractivity contribution < 1.29 is 12.8 Å². The number of nitrogens with zero attached hydrogens (tertiary/aromatic N) is 1. The third-order valence-electron chi connectivity index (χ3n) is 3.53. The fourth-order valence-electron chi connectivity index (χ4n) is 2.18. The second kappa shape index (κ2) is 7.72. The maximum atomic E-state index is 12.9. The minimum atomic E-state index is -3.79. The fourth-order valence-corrected chi connectivity index (χ4v) is 3.35. The number of rotatable bonds is 6. The van der Waals surface area contributed by atoms with E-state index in [0.717, 1.165) is 17.7 Å². The summed E-state index contributed by atoms with van der Waals surface area (Å²) in [5.74, 6) is 0.103. The smallest absolute Gasteiger partial charge is 0.261 e. The Kier molecular flexibility index (Phi) is 5.39. The maximum absolute atomic E-state index is 12.9. The topological polar surface area (TPSA) is 71.1 Å². The van der Waals surface area contributed by atoms with Crippen LogP contribution >= 0.6 is 11.6 Å². The van der Waals surface area contributed by atoms with Crippen LogP contribution in [0.1, 0.15) is 5.56 Å². The molecule has 2 N–H and O–H groups in total. The van der Waals surface area contributed by atoms with Gasteiger partial charge in [0, 0.05) is 11.6 Å². The molecule has 3 aromatic rings. The lowest BCUT2D eigenvalue weighted by molar-refractivity contribution is 0.599. The summed E-state index contributed by atoms with van der Waals surface area (Å²) in [6.07, 6.45) is 1.41. The summed E-state index contributed by atoms with van der Waals surface area (Å²) in [4.78, 5) is 4.15. The molecule has 0 aliphatic heterocycles. The standard InChI is InChI=1S/C18H15ClFN3O2S/c19-14-3-1-13(2-4-14)11-21-18-10-7-16(12-22-18)23-26(24,25)17-8-5-15(20)6-9-17/h1-10,12,23H,11H2,(H,21,22). The number of nitrogens with one attached hydrogen (secondary N) is 2. The number of halogens is 2. The monoisotopic (exact) mass is 391 g/mol. The van der Waals surface area contributed by atoms with Gasteiger partial charge in [-0.2, -0.15) is 0 Å². The first-order chi connectivity index (χ1) is 12.4. The molecule has 0 saturated heterocycles. The van der Waals surface area contributed by atoms with Gasteiger partial charge < -0.3 is 5.32 Å². The van der Waals surface area contributed by atoms with Gasteiger partial charge in [0.15, 0.2) is 0 Å². The third kappa shape index (κ3) is 4.71. The molecule has 1 heterocycles. The van der Waals surface area contributed by atoms with Gasteiger partial charge in [0.05, 0.1) is 16.8 Å². The van der Waals surface area contributed by atoms with E-state index in [1.807, 2.05) is 12.1 Å².